The van der Waals surface area contributed by atoms with Crippen molar-refractivity contribution in [1.29, 1.82) is 0 Å². The second kappa shape index (κ2) is 8.83. The predicted octanol–water partition coefficient (Wildman–Crippen LogP) is 4.62. The number of benzene rings is 2. The molecule has 0 fully saturated rings. The number of anilines is 1. The molecule has 0 aliphatic carbocycles. The standard InChI is InChI=1S/C19H23NO3/c1-15(7-6-10-19(21)22-2)20-16-11-13-18(14-12-16)23-17-8-4-3-5-9-17/h3-5,8-9,11-15,20H,6-7,10H2,1-2H3. The summed E-state index contributed by atoms with van der Waals surface area (Å²) in [5.74, 6) is 1.48. The van der Waals surface area contributed by atoms with Gasteiger partial charge in [-0.3, -0.25) is 4.79 Å². The maximum atomic E-state index is 11.1. The SMILES string of the molecule is COC(=O)CCCC(C)Nc1ccc(Oc2ccccc2)cc1. The van der Waals surface area contributed by atoms with E-state index in [1.165, 1.54) is 7.11 Å². The fourth-order valence-corrected chi connectivity index (χ4v) is 2.26. The van der Waals surface area contributed by atoms with Crippen molar-refractivity contribution < 1.29 is 14.3 Å². The van der Waals surface area contributed by atoms with Gasteiger partial charge >= 0.3 is 5.97 Å². The summed E-state index contributed by atoms with van der Waals surface area (Å²) in [6, 6.07) is 17.9. The van der Waals surface area contributed by atoms with Crippen molar-refractivity contribution in [2.45, 2.75) is 32.2 Å². The van der Waals surface area contributed by atoms with Crippen LogP contribution in [0.5, 0.6) is 11.5 Å². The molecule has 0 radical (unpaired) electrons. The Bertz CT molecular complexity index is 596. The van der Waals surface area contributed by atoms with Crippen LogP contribution < -0.4 is 10.1 Å². The molecule has 2 aromatic carbocycles. The molecule has 23 heavy (non-hydrogen) atoms. The van der Waals surface area contributed by atoms with E-state index in [1.807, 2.05) is 54.6 Å². The predicted molar refractivity (Wildman–Crippen MR) is 91.9 cm³/mol. The molecule has 0 aromatic heterocycles. The van der Waals surface area contributed by atoms with Crippen molar-refractivity contribution in [3.05, 3.63) is 54.6 Å². The van der Waals surface area contributed by atoms with E-state index in [0.29, 0.717) is 12.5 Å². The first-order valence-electron chi connectivity index (χ1n) is 7.83. The highest BCUT2D eigenvalue weighted by Crippen LogP contribution is 2.23. The highest BCUT2D eigenvalue weighted by atomic mass is 16.5. The minimum Gasteiger partial charge on any atom is -0.469 e. The summed E-state index contributed by atoms with van der Waals surface area (Å²) in [4.78, 5) is 11.1. The second-order valence-corrected chi connectivity index (χ2v) is 5.45. The van der Waals surface area contributed by atoms with E-state index in [4.69, 9.17) is 4.74 Å². The zero-order valence-corrected chi connectivity index (χ0v) is 13.6. The Kier molecular flexibility index (Phi) is 6.48. The summed E-state index contributed by atoms with van der Waals surface area (Å²) in [6.07, 6.45) is 2.19. The molecular weight excluding hydrogens is 290 g/mol. The summed E-state index contributed by atoms with van der Waals surface area (Å²) in [7, 11) is 1.42. The normalized spacial score (nSPS) is 11.6. The first-order chi connectivity index (χ1) is 11.2. The van der Waals surface area contributed by atoms with E-state index in [2.05, 4.69) is 17.0 Å². The smallest absolute Gasteiger partial charge is 0.305 e. The summed E-state index contributed by atoms with van der Waals surface area (Å²) >= 11 is 0. The van der Waals surface area contributed by atoms with Crippen molar-refractivity contribution in [2.75, 3.05) is 12.4 Å². The van der Waals surface area contributed by atoms with Crippen LogP contribution in [0.15, 0.2) is 54.6 Å². The summed E-state index contributed by atoms with van der Waals surface area (Å²) in [6.45, 7) is 2.10. The van der Waals surface area contributed by atoms with E-state index in [1.54, 1.807) is 0 Å². The Hall–Kier alpha value is -2.49. The van der Waals surface area contributed by atoms with Crippen LogP contribution in [0.3, 0.4) is 0 Å². The van der Waals surface area contributed by atoms with Gasteiger partial charge in [0.1, 0.15) is 11.5 Å². The zero-order valence-electron chi connectivity index (χ0n) is 13.6. The maximum Gasteiger partial charge on any atom is 0.305 e. The Morgan fingerprint density at radius 2 is 1.70 bits per heavy atom. The monoisotopic (exact) mass is 313 g/mol. The first-order valence-corrected chi connectivity index (χ1v) is 7.83. The highest BCUT2D eigenvalue weighted by molar-refractivity contribution is 5.69. The first kappa shape index (κ1) is 16.9. The molecule has 0 bridgehead atoms. The number of carbonyl (C=O) groups excluding carboxylic acids is 1. The van der Waals surface area contributed by atoms with Crippen LogP contribution in [-0.2, 0) is 9.53 Å². The van der Waals surface area contributed by atoms with Gasteiger partial charge in [0.2, 0.25) is 0 Å². The third-order valence-corrected chi connectivity index (χ3v) is 3.49. The molecule has 0 amide bonds. The van der Waals surface area contributed by atoms with Crippen LogP contribution >= 0.6 is 0 Å². The van der Waals surface area contributed by atoms with Gasteiger partial charge in [0.25, 0.3) is 0 Å². The lowest BCUT2D eigenvalue weighted by atomic mass is 10.1. The zero-order chi connectivity index (χ0) is 16.5. The number of ether oxygens (including phenoxy) is 2. The van der Waals surface area contributed by atoms with E-state index >= 15 is 0 Å². The molecule has 0 spiro atoms. The maximum absolute atomic E-state index is 11.1. The van der Waals surface area contributed by atoms with Gasteiger partial charge in [0.05, 0.1) is 7.11 Å². The molecule has 0 saturated heterocycles. The summed E-state index contributed by atoms with van der Waals surface area (Å²) in [5.41, 5.74) is 1.04. The molecule has 0 saturated carbocycles. The van der Waals surface area contributed by atoms with Crippen LogP contribution in [0.4, 0.5) is 5.69 Å². The fourth-order valence-electron chi connectivity index (χ4n) is 2.26. The number of esters is 1. The number of rotatable bonds is 8. The van der Waals surface area contributed by atoms with Crippen molar-refractivity contribution in [3.8, 4) is 11.5 Å². The van der Waals surface area contributed by atoms with Crippen molar-refractivity contribution in [3.63, 3.8) is 0 Å². The number of para-hydroxylation sites is 1. The van der Waals surface area contributed by atoms with Crippen LogP contribution in [0.25, 0.3) is 0 Å². The van der Waals surface area contributed by atoms with Gasteiger partial charge in [-0.15, -0.1) is 0 Å². The van der Waals surface area contributed by atoms with E-state index in [-0.39, 0.29) is 5.97 Å². The molecule has 4 heteroatoms. The summed E-state index contributed by atoms with van der Waals surface area (Å²) < 4.78 is 10.4. The molecule has 0 aliphatic rings. The fraction of sp³-hybridized carbons (Fsp3) is 0.316. The largest absolute Gasteiger partial charge is 0.469 e. The molecule has 1 unspecified atom stereocenters. The van der Waals surface area contributed by atoms with Crippen LogP contribution in [0.2, 0.25) is 0 Å². The molecule has 1 atom stereocenters. The minimum atomic E-state index is -0.153. The molecule has 2 aromatic rings. The van der Waals surface area contributed by atoms with Gasteiger partial charge in [-0.25, -0.2) is 0 Å². The Balaban J connectivity index is 1.79. The lowest BCUT2D eigenvalue weighted by Gasteiger charge is -2.15. The lowest BCUT2D eigenvalue weighted by molar-refractivity contribution is -0.140. The molecule has 122 valence electrons. The third-order valence-electron chi connectivity index (χ3n) is 3.49. The van der Waals surface area contributed by atoms with Gasteiger partial charge in [-0.1, -0.05) is 18.2 Å². The van der Waals surface area contributed by atoms with Crippen molar-refractivity contribution in [2.24, 2.45) is 0 Å². The Morgan fingerprint density at radius 1 is 1.04 bits per heavy atom. The molecule has 1 N–H and O–H groups in total. The van der Waals surface area contributed by atoms with Gasteiger partial charge in [0.15, 0.2) is 0 Å². The molecule has 4 nitrogen and oxygen atoms in total. The van der Waals surface area contributed by atoms with Gasteiger partial charge in [0, 0.05) is 18.2 Å². The van der Waals surface area contributed by atoms with E-state index in [0.717, 1.165) is 30.0 Å². The van der Waals surface area contributed by atoms with Crippen LogP contribution in [-0.4, -0.2) is 19.1 Å². The Morgan fingerprint density at radius 3 is 2.35 bits per heavy atom. The molecular formula is C19H23NO3. The minimum absolute atomic E-state index is 0.153. The van der Waals surface area contributed by atoms with Gasteiger partial charge in [-0.05, 0) is 56.2 Å². The number of methoxy groups -OCH3 is 1. The molecule has 0 aliphatic heterocycles. The number of carbonyl (C=O) groups is 1. The summed E-state index contributed by atoms with van der Waals surface area (Å²) in [5, 5.41) is 3.42. The van der Waals surface area contributed by atoms with E-state index < -0.39 is 0 Å². The Labute approximate surface area is 137 Å². The number of nitrogens with one attached hydrogen (secondary N) is 1. The average Bonchev–Trinajstić information content (AvgIpc) is 2.57. The van der Waals surface area contributed by atoms with Crippen molar-refractivity contribution in [1.82, 2.24) is 0 Å². The van der Waals surface area contributed by atoms with Crippen LogP contribution in [0, 0.1) is 0 Å². The van der Waals surface area contributed by atoms with Crippen molar-refractivity contribution >= 4 is 11.7 Å². The average molecular weight is 313 g/mol. The topological polar surface area (TPSA) is 47.6 Å². The third kappa shape index (κ3) is 6.02. The van der Waals surface area contributed by atoms with Crippen LogP contribution in [0.1, 0.15) is 26.2 Å². The van der Waals surface area contributed by atoms with Gasteiger partial charge < -0.3 is 14.8 Å². The quantitative estimate of drug-likeness (QED) is 0.722. The number of hydrogen-bond donors (Lipinski definition) is 1. The number of hydrogen-bond acceptors (Lipinski definition) is 4. The second-order valence-electron chi connectivity index (χ2n) is 5.45. The molecule has 0 heterocycles. The van der Waals surface area contributed by atoms with Gasteiger partial charge in [-0.2, -0.15) is 0 Å². The lowest BCUT2D eigenvalue weighted by Crippen LogP contribution is -2.15. The molecule has 2 rings (SSSR count). The highest BCUT2D eigenvalue weighted by Gasteiger charge is 2.05. The van der Waals surface area contributed by atoms with E-state index in [9.17, 15) is 4.79 Å².